The third kappa shape index (κ3) is 4.32. The zero-order valence-corrected chi connectivity index (χ0v) is 16.8. The molecule has 0 radical (unpaired) electrons. The number of primary amides is 1. The third-order valence-electron chi connectivity index (χ3n) is 4.23. The van der Waals surface area contributed by atoms with Crippen molar-refractivity contribution in [2.75, 3.05) is 5.32 Å². The largest absolute Gasteiger partial charge is 0.364 e. The lowest BCUT2D eigenvalue weighted by molar-refractivity contribution is -0.386. The van der Waals surface area contributed by atoms with Gasteiger partial charge in [0.25, 0.3) is 17.5 Å². The Bertz CT molecular complexity index is 1110. The molecule has 3 rings (SSSR count). The number of hydrogen-bond donors (Lipinski definition) is 3. The van der Waals surface area contributed by atoms with Crippen molar-refractivity contribution in [1.29, 1.82) is 0 Å². The first-order chi connectivity index (χ1) is 13.6. The minimum Gasteiger partial charge on any atom is -0.364 e. The van der Waals surface area contributed by atoms with Gasteiger partial charge in [-0.05, 0) is 17.5 Å². The number of nitrogens with one attached hydrogen (secondary N) is 2. The van der Waals surface area contributed by atoms with Gasteiger partial charge in [0.1, 0.15) is 5.69 Å². The summed E-state index contributed by atoms with van der Waals surface area (Å²) in [5.41, 5.74) is 6.87. The number of nitrogens with two attached hydrogens (primary N) is 1. The number of benzene rings is 1. The van der Waals surface area contributed by atoms with E-state index in [2.05, 4.69) is 15.3 Å². The number of H-pyrrole nitrogens is 1. The number of carbonyl (C=O) groups is 2. The monoisotopic (exact) mass is 413 g/mol. The van der Waals surface area contributed by atoms with E-state index in [9.17, 15) is 19.7 Å². The smallest absolute Gasteiger partial charge is 0.273 e. The molecule has 0 aliphatic heterocycles. The number of rotatable bonds is 5. The molecule has 0 bridgehead atoms. The van der Waals surface area contributed by atoms with Gasteiger partial charge < -0.3 is 10.7 Å². The molecule has 0 saturated carbocycles. The van der Waals surface area contributed by atoms with Crippen molar-refractivity contribution in [3.63, 3.8) is 0 Å². The van der Waals surface area contributed by atoms with Crippen molar-refractivity contribution >= 4 is 34.0 Å². The number of aromatic amines is 1. The zero-order chi connectivity index (χ0) is 21.3. The highest BCUT2D eigenvalue weighted by atomic mass is 32.1. The molecular formula is C19H19N5O4S. The molecule has 0 unspecified atom stereocenters. The number of nitro groups is 1. The molecule has 0 saturated heterocycles. The van der Waals surface area contributed by atoms with E-state index in [1.54, 1.807) is 29.8 Å². The number of carbonyl (C=O) groups excluding carboxylic acids is 2. The second kappa shape index (κ2) is 7.47. The molecule has 3 aromatic rings. The van der Waals surface area contributed by atoms with Crippen molar-refractivity contribution in [3.05, 3.63) is 62.8 Å². The first kappa shape index (κ1) is 20.2. The van der Waals surface area contributed by atoms with Crippen molar-refractivity contribution in [2.24, 2.45) is 5.73 Å². The molecule has 0 aliphatic rings. The molecule has 2 heterocycles. The molecule has 2 aromatic heterocycles. The Morgan fingerprint density at radius 3 is 2.59 bits per heavy atom. The van der Waals surface area contributed by atoms with E-state index in [1.165, 1.54) is 17.4 Å². The zero-order valence-electron chi connectivity index (χ0n) is 16.0. The van der Waals surface area contributed by atoms with Crippen LogP contribution in [0.4, 0.5) is 10.8 Å². The van der Waals surface area contributed by atoms with Gasteiger partial charge in [-0.25, -0.2) is 4.98 Å². The van der Waals surface area contributed by atoms with Crippen LogP contribution in [0.3, 0.4) is 0 Å². The van der Waals surface area contributed by atoms with Crippen LogP contribution in [0.25, 0.3) is 11.3 Å². The van der Waals surface area contributed by atoms with E-state index in [0.717, 1.165) is 0 Å². The van der Waals surface area contributed by atoms with Gasteiger partial charge in [-0.2, -0.15) is 0 Å². The normalized spacial score (nSPS) is 11.3. The highest BCUT2D eigenvalue weighted by Crippen LogP contribution is 2.32. The molecular weight excluding hydrogens is 394 g/mol. The number of hydrogen-bond acceptors (Lipinski definition) is 6. The van der Waals surface area contributed by atoms with Crippen LogP contribution in [0.15, 0.2) is 35.8 Å². The lowest BCUT2D eigenvalue weighted by atomic mass is 9.85. The van der Waals surface area contributed by atoms with Gasteiger partial charge in [0.2, 0.25) is 0 Å². The average molecular weight is 413 g/mol. The Hall–Kier alpha value is -3.53. The van der Waals surface area contributed by atoms with Gasteiger partial charge >= 0.3 is 0 Å². The minimum atomic E-state index is -0.583. The van der Waals surface area contributed by atoms with E-state index < -0.39 is 22.2 Å². The summed E-state index contributed by atoms with van der Waals surface area (Å²) in [6.45, 7) is 5.62. The van der Waals surface area contributed by atoms with Gasteiger partial charge in [-0.3, -0.25) is 25.0 Å². The molecule has 2 amide bonds. The maximum absolute atomic E-state index is 12.6. The van der Waals surface area contributed by atoms with E-state index in [1.807, 2.05) is 20.8 Å². The van der Waals surface area contributed by atoms with Gasteiger partial charge in [-0.15, -0.1) is 11.3 Å². The Morgan fingerprint density at radius 2 is 2.00 bits per heavy atom. The predicted molar refractivity (Wildman–Crippen MR) is 110 cm³/mol. The van der Waals surface area contributed by atoms with Crippen LogP contribution in [0.2, 0.25) is 0 Å². The van der Waals surface area contributed by atoms with Crippen LogP contribution in [-0.4, -0.2) is 26.7 Å². The fourth-order valence-electron chi connectivity index (χ4n) is 2.78. The lowest BCUT2D eigenvalue weighted by Crippen LogP contribution is -2.16. The molecule has 0 aliphatic carbocycles. The maximum atomic E-state index is 12.6. The van der Waals surface area contributed by atoms with Crippen LogP contribution in [0.5, 0.6) is 0 Å². The van der Waals surface area contributed by atoms with Crippen LogP contribution in [0.1, 0.15) is 47.2 Å². The Balaban J connectivity index is 1.82. The van der Waals surface area contributed by atoms with E-state index in [0.29, 0.717) is 22.0 Å². The topological polar surface area (TPSA) is 144 Å². The molecule has 29 heavy (non-hydrogen) atoms. The fourth-order valence-corrected chi connectivity index (χ4v) is 3.49. The Morgan fingerprint density at radius 1 is 1.28 bits per heavy atom. The second-order valence-electron chi connectivity index (χ2n) is 7.40. The van der Waals surface area contributed by atoms with Gasteiger partial charge in [0.05, 0.1) is 10.6 Å². The Kier molecular flexibility index (Phi) is 5.21. The number of amides is 2. The van der Waals surface area contributed by atoms with Crippen LogP contribution < -0.4 is 11.1 Å². The highest BCUT2D eigenvalue weighted by Gasteiger charge is 2.26. The fraction of sp³-hybridized carbons (Fsp3) is 0.211. The standard InChI is InChI=1S/C19H19N5O4S/c1-19(2,3)12-5-4-10(7-15(12)24(27)28)17(26)23-18-22-14(9-29-18)11-6-13(16(20)25)21-8-11/h4-9,21H,1-3H3,(H2,20,25)(H,22,23,26). The molecule has 9 nitrogen and oxygen atoms in total. The number of thiazole rings is 1. The minimum absolute atomic E-state index is 0.101. The molecule has 1 aromatic carbocycles. The summed E-state index contributed by atoms with van der Waals surface area (Å²) < 4.78 is 0. The summed E-state index contributed by atoms with van der Waals surface area (Å²) in [4.78, 5) is 41.8. The highest BCUT2D eigenvalue weighted by molar-refractivity contribution is 7.14. The first-order valence-electron chi connectivity index (χ1n) is 8.60. The summed E-state index contributed by atoms with van der Waals surface area (Å²) in [7, 11) is 0. The molecule has 4 N–H and O–H groups in total. The lowest BCUT2D eigenvalue weighted by Gasteiger charge is -2.19. The predicted octanol–water partition coefficient (Wildman–Crippen LogP) is 3.70. The second-order valence-corrected chi connectivity index (χ2v) is 8.26. The number of nitrogens with zero attached hydrogens (tertiary/aromatic N) is 2. The quantitative estimate of drug-likeness (QED) is 0.431. The average Bonchev–Trinajstić information content (AvgIpc) is 3.29. The molecule has 0 fully saturated rings. The number of nitro benzene ring substituents is 1. The molecule has 150 valence electrons. The van der Waals surface area contributed by atoms with E-state index in [-0.39, 0.29) is 16.9 Å². The summed E-state index contributed by atoms with van der Waals surface area (Å²) in [6, 6.07) is 6.00. The molecule has 0 spiro atoms. The van der Waals surface area contributed by atoms with Gasteiger partial charge in [0, 0.05) is 34.3 Å². The van der Waals surface area contributed by atoms with Gasteiger partial charge in [0.15, 0.2) is 5.13 Å². The SMILES string of the molecule is CC(C)(C)c1ccc(C(=O)Nc2nc(-c3c[nH]c(C(N)=O)c3)cs2)cc1[N+](=O)[O-]. The van der Waals surface area contributed by atoms with Crippen molar-refractivity contribution in [3.8, 4) is 11.3 Å². The Labute approximate surface area is 170 Å². The number of anilines is 1. The summed E-state index contributed by atoms with van der Waals surface area (Å²) in [6.07, 6.45) is 1.59. The van der Waals surface area contributed by atoms with Crippen LogP contribution in [-0.2, 0) is 5.41 Å². The maximum Gasteiger partial charge on any atom is 0.273 e. The van der Waals surface area contributed by atoms with E-state index >= 15 is 0 Å². The summed E-state index contributed by atoms with van der Waals surface area (Å²) >= 11 is 1.20. The third-order valence-corrected chi connectivity index (χ3v) is 4.99. The number of aromatic nitrogens is 2. The van der Waals surface area contributed by atoms with E-state index in [4.69, 9.17) is 5.73 Å². The van der Waals surface area contributed by atoms with Crippen molar-refractivity contribution < 1.29 is 14.5 Å². The van der Waals surface area contributed by atoms with Crippen molar-refractivity contribution in [2.45, 2.75) is 26.2 Å². The van der Waals surface area contributed by atoms with Crippen LogP contribution >= 0.6 is 11.3 Å². The van der Waals surface area contributed by atoms with Gasteiger partial charge in [-0.1, -0.05) is 26.8 Å². The van der Waals surface area contributed by atoms with Crippen molar-refractivity contribution in [1.82, 2.24) is 9.97 Å². The molecule has 0 atom stereocenters. The first-order valence-corrected chi connectivity index (χ1v) is 9.48. The summed E-state index contributed by atoms with van der Waals surface area (Å²) in [5.74, 6) is -1.08. The van der Waals surface area contributed by atoms with Crippen LogP contribution in [0, 0.1) is 10.1 Å². The molecule has 10 heteroatoms. The summed E-state index contributed by atoms with van der Waals surface area (Å²) in [5, 5.41) is 16.1.